The van der Waals surface area contributed by atoms with Crippen LogP contribution in [0, 0.1) is 12.4 Å². The largest absolute Gasteiger partial charge is 0.395 e. The molecule has 160 valence electrons. The number of aryl methyl sites for hydroxylation is 1. The summed E-state index contributed by atoms with van der Waals surface area (Å²) in [6, 6.07) is 6.28. The van der Waals surface area contributed by atoms with E-state index < -0.39 is 5.82 Å². The standard InChI is InChI=1S/C22H24FN7O/c1-13(11-31)26-5-6-30-18(14-7-15(23)9-16(8-14)24-2)10-17-20-19(27-12-29(20)4)21(25-3)28-22(17)30/h7-10,12-13,26,31H,5-6,11H2,1,3-4H3,(H,25,28)/t13-/m0/s1. The molecule has 0 radical (unpaired) electrons. The molecule has 0 saturated carbocycles. The van der Waals surface area contributed by atoms with Gasteiger partial charge in [-0.1, -0.05) is 0 Å². The number of hydrogen-bond donors (Lipinski definition) is 3. The van der Waals surface area contributed by atoms with Crippen molar-refractivity contribution in [1.29, 1.82) is 0 Å². The number of halogens is 1. The molecule has 0 spiro atoms. The second kappa shape index (κ2) is 8.34. The Morgan fingerprint density at radius 3 is 2.81 bits per heavy atom. The molecule has 4 rings (SSSR count). The Morgan fingerprint density at radius 1 is 1.29 bits per heavy atom. The zero-order chi connectivity index (χ0) is 22.1. The Bertz CT molecular complexity index is 1300. The number of aliphatic hydroxyl groups excluding tert-OH is 1. The summed E-state index contributed by atoms with van der Waals surface area (Å²) in [5.74, 6) is 0.202. The highest BCUT2D eigenvalue weighted by Gasteiger charge is 2.20. The van der Waals surface area contributed by atoms with E-state index in [9.17, 15) is 9.50 Å². The maximum Gasteiger partial charge on any atom is 0.190 e. The van der Waals surface area contributed by atoms with Crippen molar-refractivity contribution in [2.45, 2.75) is 19.5 Å². The predicted octanol–water partition coefficient (Wildman–Crippen LogP) is 3.29. The zero-order valence-electron chi connectivity index (χ0n) is 17.6. The van der Waals surface area contributed by atoms with Crippen LogP contribution < -0.4 is 10.6 Å². The smallest absolute Gasteiger partial charge is 0.190 e. The monoisotopic (exact) mass is 421 g/mol. The maximum atomic E-state index is 14.2. The first kappa shape index (κ1) is 20.8. The highest BCUT2D eigenvalue weighted by molar-refractivity contribution is 6.07. The molecule has 0 fully saturated rings. The average molecular weight is 421 g/mol. The number of nitrogens with one attached hydrogen (secondary N) is 2. The van der Waals surface area contributed by atoms with Gasteiger partial charge in [0.25, 0.3) is 0 Å². The fourth-order valence-corrected chi connectivity index (χ4v) is 3.83. The van der Waals surface area contributed by atoms with E-state index in [1.165, 1.54) is 12.1 Å². The van der Waals surface area contributed by atoms with E-state index in [1.54, 1.807) is 19.4 Å². The van der Waals surface area contributed by atoms with E-state index in [-0.39, 0.29) is 18.3 Å². The Balaban J connectivity index is 1.96. The number of aromatic nitrogens is 4. The minimum Gasteiger partial charge on any atom is -0.395 e. The Morgan fingerprint density at radius 2 is 2.10 bits per heavy atom. The van der Waals surface area contributed by atoms with E-state index >= 15 is 0 Å². The average Bonchev–Trinajstić information content (AvgIpc) is 3.33. The van der Waals surface area contributed by atoms with Gasteiger partial charge in [0, 0.05) is 44.3 Å². The normalized spacial score (nSPS) is 12.4. The first-order valence-electron chi connectivity index (χ1n) is 10.0. The summed E-state index contributed by atoms with van der Waals surface area (Å²) >= 11 is 0. The molecule has 1 aromatic carbocycles. The molecule has 4 aromatic rings. The second-order valence-electron chi connectivity index (χ2n) is 7.53. The van der Waals surface area contributed by atoms with Crippen LogP contribution in [0.25, 0.3) is 38.2 Å². The van der Waals surface area contributed by atoms with Crippen LogP contribution in [0.1, 0.15) is 6.92 Å². The van der Waals surface area contributed by atoms with E-state index in [0.29, 0.717) is 24.5 Å². The number of fused-ring (bicyclic) bond motifs is 3. The molecule has 9 heteroatoms. The summed E-state index contributed by atoms with van der Waals surface area (Å²) in [4.78, 5) is 12.7. The van der Waals surface area contributed by atoms with Gasteiger partial charge < -0.3 is 24.9 Å². The Kier molecular flexibility index (Phi) is 5.59. The van der Waals surface area contributed by atoms with Crippen LogP contribution in [0.4, 0.5) is 15.9 Å². The van der Waals surface area contributed by atoms with Crippen molar-refractivity contribution in [3.63, 3.8) is 0 Å². The number of imidazole rings is 1. The molecule has 0 aliphatic carbocycles. The van der Waals surface area contributed by atoms with Crippen molar-refractivity contribution in [1.82, 2.24) is 24.4 Å². The fraction of sp³-hybridized carbons (Fsp3) is 0.318. The van der Waals surface area contributed by atoms with Gasteiger partial charge >= 0.3 is 0 Å². The number of anilines is 1. The van der Waals surface area contributed by atoms with Gasteiger partial charge in [-0.3, -0.25) is 0 Å². The summed E-state index contributed by atoms with van der Waals surface area (Å²) in [5, 5.41) is 16.6. The molecule has 0 aliphatic rings. The first-order valence-corrected chi connectivity index (χ1v) is 10.0. The highest BCUT2D eigenvalue weighted by Crippen LogP contribution is 2.35. The van der Waals surface area contributed by atoms with Crippen LogP contribution in [-0.2, 0) is 13.6 Å². The molecule has 31 heavy (non-hydrogen) atoms. The third kappa shape index (κ3) is 3.71. The van der Waals surface area contributed by atoms with Gasteiger partial charge in [0.1, 0.15) is 17.0 Å². The number of nitrogens with zero attached hydrogens (tertiary/aromatic N) is 5. The number of pyridine rings is 1. The number of hydrogen-bond acceptors (Lipinski definition) is 5. The van der Waals surface area contributed by atoms with Crippen molar-refractivity contribution in [3.05, 3.63) is 47.8 Å². The molecule has 8 nitrogen and oxygen atoms in total. The molecule has 0 saturated heterocycles. The van der Waals surface area contributed by atoms with E-state index in [1.807, 2.05) is 29.2 Å². The molecule has 3 aromatic heterocycles. The van der Waals surface area contributed by atoms with E-state index in [2.05, 4.69) is 20.5 Å². The van der Waals surface area contributed by atoms with Crippen molar-refractivity contribution in [2.75, 3.05) is 25.5 Å². The molecule has 0 unspecified atom stereocenters. The predicted molar refractivity (Wildman–Crippen MR) is 120 cm³/mol. The zero-order valence-corrected chi connectivity index (χ0v) is 17.6. The summed E-state index contributed by atoms with van der Waals surface area (Å²) < 4.78 is 18.2. The number of rotatable bonds is 7. The van der Waals surface area contributed by atoms with Crippen LogP contribution in [0.2, 0.25) is 0 Å². The van der Waals surface area contributed by atoms with Crippen molar-refractivity contribution >= 4 is 33.6 Å². The molecule has 3 N–H and O–H groups in total. The van der Waals surface area contributed by atoms with Crippen LogP contribution in [0.5, 0.6) is 0 Å². The van der Waals surface area contributed by atoms with Gasteiger partial charge in [0.05, 0.1) is 25.0 Å². The van der Waals surface area contributed by atoms with Gasteiger partial charge in [0.2, 0.25) is 0 Å². The van der Waals surface area contributed by atoms with Crippen LogP contribution in [0.3, 0.4) is 0 Å². The van der Waals surface area contributed by atoms with Gasteiger partial charge in [-0.15, -0.1) is 0 Å². The topological polar surface area (TPSA) is 84.3 Å². The minimum atomic E-state index is -0.457. The van der Waals surface area contributed by atoms with Crippen LogP contribution in [0.15, 0.2) is 30.6 Å². The van der Waals surface area contributed by atoms with Gasteiger partial charge in [-0.05, 0) is 36.8 Å². The van der Waals surface area contributed by atoms with E-state index in [4.69, 9.17) is 11.6 Å². The Hall–Kier alpha value is -3.48. The molecule has 0 aliphatic heterocycles. The SMILES string of the molecule is [C-]#[N+]c1cc(F)cc(-c2cc3c4c(ncn4C)c(NC)nc3n2CCN[C@@H](C)CO)c1. The van der Waals surface area contributed by atoms with Crippen molar-refractivity contribution in [3.8, 4) is 11.3 Å². The molecular weight excluding hydrogens is 397 g/mol. The van der Waals surface area contributed by atoms with Crippen LogP contribution >= 0.6 is 0 Å². The lowest BCUT2D eigenvalue weighted by atomic mass is 10.1. The minimum absolute atomic E-state index is 0.0370. The van der Waals surface area contributed by atoms with Gasteiger partial charge in [-0.2, -0.15) is 0 Å². The molecule has 0 amide bonds. The summed E-state index contributed by atoms with van der Waals surface area (Å²) in [6.45, 7) is 10.4. The summed E-state index contributed by atoms with van der Waals surface area (Å²) in [5.41, 5.74) is 4.04. The number of benzene rings is 1. The second-order valence-corrected chi connectivity index (χ2v) is 7.53. The van der Waals surface area contributed by atoms with Crippen molar-refractivity contribution < 1.29 is 9.50 Å². The lowest BCUT2D eigenvalue weighted by Gasteiger charge is -2.15. The molecule has 1 atom stereocenters. The summed E-state index contributed by atoms with van der Waals surface area (Å²) in [7, 11) is 3.73. The lowest BCUT2D eigenvalue weighted by molar-refractivity contribution is 0.251. The highest BCUT2D eigenvalue weighted by atomic mass is 19.1. The van der Waals surface area contributed by atoms with Gasteiger partial charge in [-0.25, -0.2) is 19.2 Å². The molecular formula is C22H24FN7O. The quantitative estimate of drug-likeness (QED) is 0.399. The third-order valence-corrected chi connectivity index (χ3v) is 5.35. The third-order valence-electron chi connectivity index (χ3n) is 5.35. The summed E-state index contributed by atoms with van der Waals surface area (Å²) in [6.07, 6.45) is 1.74. The first-order chi connectivity index (χ1) is 15.0. The van der Waals surface area contributed by atoms with Crippen molar-refractivity contribution in [2.24, 2.45) is 7.05 Å². The maximum absolute atomic E-state index is 14.2. The van der Waals surface area contributed by atoms with E-state index in [0.717, 1.165) is 27.8 Å². The molecule has 0 bridgehead atoms. The lowest BCUT2D eigenvalue weighted by Crippen LogP contribution is -2.32. The number of aliphatic hydroxyl groups is 1. The van der Waals surface area contributed by atoms with Crippen LogP contribution in [-0.4, -0.2) is 50.4 Å². The fourth-order valence-electron chi connectivity index (χ4n) is 3.83. The van der Waals surface area contributed by atoms with Gasteiger partial charge in [0.15, 0.2) is 11.5 Å². The Labute approximate surface area is 179 Å². The molecule has 3 heterocycles.